The van der Waals surface area contributed by atoms with Crippen LogP contribution in [0.5, 0.6) is 0 Å². The van der Waals surface area contributed by atoms with Crippen molar-refractivity contribution in [2.45, 2.75) is 38.9 Å². The molecule has 0 spiro atoms. The molecule has 2 N–H and O–H groups in total. The van der Waals surface area contributed by atoms with Gasteiger partial charge in [-0.1, -0.05) is 6.92 Å². The Kier molecular flexibility index (Phi) is 5.36. The van der Waals surface area contributed by atoms with Crippen molar-refractivity contribution < 1.29 is 14.3 Å². The van der Waals surface area contributed by atoms with Gasteiger partial charge < -0.3 is 20.1 Å². The average Bonchev–Trinajstić information content (AvgIpc) is 2.38. The summed E-state index contributed by atoms with van der Waals surface area (Å²) in [5, 5.41) is 0. The van der Waals surface area contributed by atoms with Crippen molar-refractivity contribution in [2.24, 2.45) is 5.73 Å². The van der Waals surface area contributed by atoms with Crippen LogP contribution in [-0.2, 0) is 14.3 Å². The van der Waals surface area contributed by atoms with Gasteiger partial charge in [0.15, 0.2) is 0 Å². The van der Waals surface area contributed by atoms with Crippen molar-refractivity contribution in [2.75, 3.05) is 32.8 Å². The standard InChI is InChI=1S/C12H24N2O3/c1-4-12(3,9-13)17-10(2)11(15)14-5-7-16-8-6-14/h10H,4-9,13H2,1-3H3. The number of morpholine rings is 1. The molecule has 17 heavy (non-hydrogen) atoms. The van der Waals surface area contributed by atoms with Gasteiger partial charge in [0, 0.05) is 19.6 Å². The van der Waals surface area contributed by atoms with Crippen LogP contribution in [0, 0.1) is 0 Å². The third kappa shape index (κ3) is 3.94. The van der Waals surface area contributed by atoms with Gasteiger partial charge in [0.1, 0.15) is 6.10 Å². The topological polar surface area (TPSA) is 64.8 Å². The highest BCUT2D eigenvalue weighted by molar-refractivity contribution is 5.80. The number of carbonyl (C=O) groups excluding carboxylic acids is 1. The van der Waals surface area contributed by atoms with Crippen molar-refractivity contribution in [1.82, 2.24) is 4.90 Å². The molecule has 0 aromatic rings. The van der Waals surface area contributed by atoms with E-state index in [4.69, 9.17) is 15.2 Å². The van der Waals surface area contributed by atoms with Crippen LogP contribution in [0.1, 0.15) is 27.2 Å². The second-order valence-corrected chi connectivity index (χ2v) is 4.71. The first-order chi connectivity index (χ1) is 8.02. The number of amides is 1. The lowest BCUT2D eigenvalue weighted by molar-refractivity contribution is -0.157. The quantitative estimate of drug-likeness (QED) is 0.759. The first-order valence-corrected chi connectivity index (χ1v) is 6.27. The molecule has 0 aliphatic carbocycles. The maximum absolute atomic E-state index is 12.1. The molecule has 0 aromatic heterocycles. The molecule has 100 valence electrons. The Balaban J connectivity index is 2.50. The number of nitrogens with zero attached hydrogens (tertiary/aromatic N) is 1. The van der Waals surface area contributed by atoms with Gasteiger partial charge in [0.2, 0.25) is 0 Å². The van der Waals surface area contributed by atoms with Crippen molar-refractivity contribution in [3.05, 3.63) is 0 Å². The summed E-state index contributed by atoms with van der Waals surface area (Å²) in [4.78, 5) is 13.9. The molecule has 1 rings (SSSR count). The van der Waals surface area contributed by atoms with E-state index in [1.165, 1.54) is 0 Å². The van der Waals surface area contributed by atoms with Crippen LogP contribution >= 0.6 is 0 Å². The van der Waals surface area contributed by atoms with Crippen molar-refractivity contribution in [3.63, 3.8) is 0 Å². The summed E-state index contributed by atoms with van der Waals surface area (Å²) in [5.74, 6) is 0.0291. The molecule has 2 unspecified atom stereocenters. The summed E-state index contributed by atoms with van der Waals surface area (Å²) >= 11 is 0. The second kappa shape index (κ2) is 6.33. The average molecular weight is 244 g/mol. The Hall–Kier alpha value is -0.650. The number of carbonyl (C=O) groups is 1. The highest BCUT2D eigenvalue weighted by Gasteiger charge is 2.30. The molecular weight excluding hydrogens is 220 g/mol. The molecule has 5 nitrogen and oxygen atoms in total. The van der Waals surface area contributed by atoms with Gasteiger partial charge in [-0.25, -0.2) is 0 Å². The largest absolute Gasteiger partial charge is 0.378 e. The predicted molar refractivity (Wildman–Crippen MR) is 65.7 cm³/mol. The third-order valence-electron chi connectivity index (χ3n) is 3.31. The molecule has 1 fully saturated rings. The number of ether oxygens (including phenoxy) is 2. The first-order valence-electron chi connectivity index (χ1n) is 6.27. The van der Waals surface area contributed by atoms with Crippen molar-refractivity contribution >= 4 is 5.91 Å². The minimum Gasteiger partial charge on any atom is -0.378 e. The minimum atomic E-state index is -0.443. The van der Waals surface area contributed by atoms with Crippen molar-refractivity contribution in [1.29, 1.82) is 0 Å². The fourth-order valence-corrected chi connectivity index (χ4v) is 1.79. The van der Waals surface area contributed by atoms with Crippen LogP contribution in [0.4, 0.5) is 0 Å². The van der Waals surface area contributed by atoms with Crippen LogP contribution in [0.2, 0.25) is 0 Å². The molecule has 2 atom stereocenters. The monoisotopic (exact) mass is 244 g/mol. The summed E-state index contributed by atoms with van der Waals surface area (Å²) < 4.78 is 11.0. The van der Waals surface area contributed by atoms with Crippen LogP contribution in [-0.4, -0.2) is 55.4 Å². The molecule has 0 radical (unpaired) electrons. The molecule has 0 saturated carbocycles. The number of hydrogen-bond donors (Lipinski definition) is 1. The summed E-state index contributed by atoms with van der Waals surface area (Å²) in [5.41, 5.74) is 5.26. The second-order valence-electron chi connectivity index (χ2n) is 4.71. The van der Waals surface area contributed by atoms with E-state index in [-0.39, 0.29) is 5.91 Å². The molecule has 1 aliphatic heterocycles. The highest BCUT2D eigenvalue weighted by Crippen LogP contribution is 2.17. The van der Waals surface area contributed by atoms with Gasteiger partial charge in [0.25, 0.3) is 5.91 Å². The van der Waals surface area contributed by atoms with E-state index in [0.29, 0.717) is 32.8 Å². The molecule has 0 aromatic carbocycles. The number of nitrogens with two attached hydrogens (primary N) is 1. The molecule has 1 heterocycles. The summed E-state index contributed by atoms with van der Waals surface area (Å²) in [6.45, 7) is 8.69. The van der Waals surface area contributed by atoms with E-state index < -0.39 is 11.7 Å². The van der Waals surface area contributed by atoms with Gasteiger partial charge in [-0.15, -0.1) is 0 Å². The van der Waals surface area contributed by atoms with E-state index >= 15 is 0 Å². The SMILES string of the molecule is CCC(C)(CN)OC(C)C(=O)N1CCOCC1. The molecule has 0 bridgehead atoms. The van der Waals surface area contributed by atoms with Gasteiger partial charge in [-0.05, 0) is 20.3 Å². The van der Waals surface area contributed by atoms with E-state index in [9.17, 15) is 4.79 Å². The lowest BCUT2D eigenvalue weighted by Crippen LogP contribution is -2.49. The Morgan fingerprint density at radius 3 is 2.59 bits per heavy atom. The van der Waals surface area contributed by atoms with Crippen LogP contribution in [0.15, 0.2) is 0 Å². The van der Waals surface area contributed by atoms with Gasteiger partial charge in [0.05, 0.1) is 18.8 Å². The van der Waals surface area contributed by atoms with E-state index in [2.05, 4.69) is 0 Å². The van der Waals surface area contributed by atoms with Gasteiger partial charge >= 0.3 is 0 Å². The molecule has 1 saturated heterocycles. The van der Waals surface area contributed by atoms with E-state index in [0.717, 1.165) is 6.42 Å². The lowest BCUT2D eigenvalue weighted by atomic mass is 10.0. The van der Waals surface area contributed by atoms with Crippen LogP contribution in [0.3, 0.4) is 0 Å². The van der Waals surface area contributed by atoms with Crippen LogP contribution in [0.25, 0.3) is 0 Å². The zero-order valence-corrected chi connectivity index (χ0v) is 11.1. The summed E-state index contributed by atoms with van der Waals surface area (Å²) in [6, 6.07) is 0. The normalized spacial score (nSPS) is 22.0. The Morgan fingerprint density at radius 1 is 1.53 bits per heavy atom. The molecule has 1 aliphatic rings. The fraction of sp³-hybridized carbons (Fsp3) is 0.917. The van der Waals surface area contributed by atoms with E-state index in [1.807, 2.05) is 13.8 Å². The summed E-state index contributed by atoms with van der Waals surface area (Å²) in [6.07, 6.45) is 0.353. The number of rotatable bonds is 5. The fourth-order valence-electron chi connectivity index (χ4n) is 1.79. The highest BCUT2D eigenvalue weighted by atomic mass is 16.5. The Morgan fingerprint density at radius 2 is 2.12 bits per heavy atom. The van der Waals surface area contributed by atoms with Crippen LogP contribution < -0.4 is 5.73 Å². The number of hydrogen-bond acceptors (Lipinski definition) is 4. The Labute approximate surface area is 103 Å². The van der Waals surface area contributed by atoms with Gasteiger partial charge in [-0.2, -0.15) is 0 Å². The molecule has 5 heteroatoms. The maximum Gasteiger partial charge on any atom is 0.251 e. The third-order valence-corrected chi connectivity index (χ3v) is 3.31. The predicted octanol–water partition coefficient (Wildman–Crippen LogP) is 0.378. The maximum atomic E-state index is 12.1. The zero-order chi connectivity index (χ0) is 12.9. The molecule has 1 amide bonds. The van der Waals surface area contributed by atoms with Gasteiger partial charge in [-0.3, -0.25) is 4.79 Å². The molecular formula is C12H24N2O3. The zero-order valence-electron chi connectivity index (χ0n) is 11.1. The lowest BCUT2D eigenvalue weighted by Gasteiger charge is -2.34. The smallest absolute Gasteiger partial charge is 0.251 e. The minimum absolute atomic E-state index is 0.0291. The first kappa shape index (κ1) is 14.4. The Bertz CT molecular complexity index is 248. The van der Waals surface area contributed by atoms with E-state index in [1.54, 1.807) is 11.8 Å². The van der Waals surface area contributed by atoms with Crippen molar-refractivity contribution in [3.8, 4) is 0 Å². The summed E-state index contributed by atoms with van der Waals surface area (Å²) in [7, 11) is 0.